The summed E-state index contributed by atoms with van der Waals surface area (Å²) < 4.78 is 6.92. The predicted octanol–water partition coefficient (Wildman–Crippen LogP) is 14.0. The Morgan fingerprint density at radius 2 is 1.16 bits per heavy atom. The molecule has 0 fully saturated rings. The SMILES string of the molecule is CC(C)(CCCC1=CCC(C=O)CC1)OC(=O)C(C/C1=C/CCCCCCCC1)(/C1=C/CCCCCCCC1)/C1=C/CCCCCCCC1. The van der Waals surface area contributed by atoms with Crippen molar-refractivity contribution in [2.75, 3.05) is 0 Å². The molecule has 4 aliphatic carbocycles. The van der Waals surface area contributed by atoms with Crippen LogP contribution in [0, 0.1) is 11.3 Å². The quantitative estimate of drug-likeness (QED) is 0.124. The standard InChI is InChI=1S/C46H74O3/c1-45(2,36-24-27-39-32-34-41(38-47)35-33-39)49-44(48)46(42-28-20-14-8-4-9-15-21-29-42,43-30-22-16-10-5-11-17-23-31-43)37-40-25-18-12-6-3-7-13-19-26-40/h25,28,30,32,38,41H,3-24,26-27,29,31,33-37H2,1-2H3/b40-25+,42-28+,43-30+. The predicted molar refractivity (Wildman–Crippen MR) is 208 cm³/mol. The topological polar surface area (TPSA) is 43.4 Å². The van der Waals surface area contributed by atoms with Crippen molar-refractivity contribution in [3.63, 3.8) is 0 Å². The third-order valence-electron chi connectivity index (χ3n) is 12.3. The first kappa shape index (κ1) is 39.9. The second-order valence-electron chi connectivity index (χ2n) is 16.9. The number of aldehydes is 1. The summed E-state index contributed by atoms with van der Waals surface area (Å²) in [5, 5.41) is 0. The number of carbonyl (C=O) groups excluding carboxylic acids is 2. The fraction of sp³-hybridized carbons (Fsp3) is 0.783. The summed E-state index contributed by atoms with van der Waals surface area (Å²) in [6.45, 7) is 4.33. The Balaban J connectivity index is 1.70. The molecule has 0 radical (unpaired) electrons. The van der Waals surface area contributed by atoms with Crippen LogP contribution in [0.15, 0.2) is 46.6 Å². The molecule has 1 atom stereocenters. The van der Waals surface area contributed by atoms with E-state index >= 15 is 4.79 Å². The zero-order valence-corrected chi connectivity index (χ0v) is 32.1. The summed E-state index contributed by atoms with van der Waals surface area (Å²) >= 11 is 0. The van der Waals surface area contributed by atoms with E-state index < -0.39 is 11.0 Å². The first-order chi connectivity index (χ1) is 23.9. The van der Waals surface area contributed by atoms with Crippen LogP contribution >= 0.6 is 0 Å². The summed E-state index contributed by atoms with van der Waals surface area (Å²) in [6, 6.07) is 0. The highest BCUT2D eigenvalue weighted by molar-refractivity contribution is 5.85. The third-order valence-corrected chi connectivity index (χ3v) is 12.3. The van der Waals surface area contributed by atoms with Crippen molar-refractivity contribution in [2.45, 2.75) is 218 Å². The summed E-state index contributed by atoms with van der Waals surface area (Å²) in [4.78, 5) is 26.8. The summed E-state index contributed by atoms with van der Waals surface area (Å²) in [7, 11) is 0. The highest BCUT2D eigenvalue weighted by atomic mass is 16.6. The first-order valence-electron chi connectivity index (χ1n) is 21.4. The molecule has 0 saturated carbocycles. The molecule has 0 aromatic carbocycles. The smallest absolute Gasteiger partial charge is 0.321 e. The minimum atomic E-state index is -0.679. The van der Waals surface area contributed by atoms with E-state index in [0.717, 1.165) is 89.8 Å². The zero-order valence-electron chi connectivity index (χ0n) is 32.1. The average molecular weight is 675 g/mol. The molecule has 0 N–H and O–H groups in total. The van der Waals surface area contributed by atoms with Gasteiger partial charge in [0.1, 0.15) is 17.3 Å². The minimum Gasteiger partial charge on any atom is -0.459 e. The summed E-state index contributed by atoms with van der Waals surface area (Å²) in [5.41, 5.74) is 4.59. The number of rotatable bonds is 11. The molecule has 276 valence electrons. The van der Waals surface area contributed by atoms with Crippen LogP contribution < -0.4 is 0 Å². The zero-order chi connectivity index (χ0) is 34.6. The molecular weight excluding hydrogens is 601 g/mol. The van der Waals surface area contributed by atoms with Crippen LogP contribution in [0.1, 0.15) is 213 Å². The van der Waals surface area contributed by atoms with E-state index in [1.165, 1.54) is 138 Å². The lowest BCUT2D eigenvalue weighted by atomic mass is 9.65. The Labute approximate surface area is 302 Å². The maximum atomic E-state index is 15.5. The highest BCUT2D eigenvalue weighted by Crippen LogP contribution is 2.50. The molecule has 0 amide bonds. The van der Waals surface area contributed by atoms with Gasteiger partial charge in [-0.05, 0) is 136 Å². The van der Waals surface area contributed by atoms with Gasteiger partial charge in [0.15, 0.2) is 0 Å². The molecule has 0 saturated heterocycles. The summed E-state index contributed by atoms with van der Waals surface area (Å²) in [5.74, 6) is 0.247. The van der Waals surface area contributed by atoms with Crippen LogP contribution in [0.4, 0.5) is 0 Å². The van der Waals surface area contributed by atoms with Crippen LogP contribution in [-0.2, 0) is 14.3 Å². The monoisotopic (exact) mass is 675 g/mol. The molecule has 0 aliphatic heterocycles. The largest absolute Gasteiger partial charge is 0.459 e. The number of hydrogen-bond donors (Lipinski definition) is 0. The van der Waals surface area contributed by atoms with Gasteiger partial charge in [-0.15, -0.1) is 0 Å². The van der Waals surface area contributed by atoms with Crippen molar-refractivity contribution >= 4 is 12.3 Å². The molecule has 0 bridgehead atoms. The van der Waals surface area contributed by atoms with Crippen molar-refractivity contribution in [3.05, 3.63) is 46.6 Å². The molecule has 4 aliphatic rings. The Bertz CT molecular complexity index is 1080. The van der Waals surface area contributed by atoms with E-state index in [4.69, 9.17) is 4.74 Å². The van der Waals surface area contributed by atoms with Gasteiger partial charge in [-0.25, -0.2) is 0 Å². The average Bonchev–Trinajstić information content (AvgIpc) is 3.11. The van der Waals surface area contributed by atoms with Crippen molar-refractivity contribution in [3.8, 4) is 0 Å². The molecule has 4 rings (SSSR count). The Morgan fingerprint density at radius 1 is 0.653 bits per heavy atom. The molecule has 0 spiro atoms. The van der Waals surface area contributed by atoms with Crippen LogP contribution in [0.25, 0.3) is 0 Å². The Morgan fingerprint density at radius 3 is 1.69 bits per heavy atom. The number of esters is 1. The van der Waals surface area contributed by atoms with E-state index in [2.05, 4.69) is 38.2 Å². The molecule has 1 unspecified atom stereocenters. The number of carbonyl (C=O) groups is 2. The van der Waals surface area contributed by atoms with E-state index in [1.807, 2.05) is 0 Å². The fourth-order valence-corrected chi connectivity index (χ4v) is 9.14. The fourth-order valence-electron chi connectivity index (χ4n) is 9.14. The first-order valence-corrected chi connectivity index (χ1v) is 21.4. The maximum Gasteiger partial charge on any atom is 0.321 e. The van der Waals surface area contributed by atoms with Gasteiger partial charge in [-0.2, -0.15) is 0 Å². The summed E-state index contributed by atoms with van der Waals surface area (Å²) in [6.07, 6.45) is 47.3. The Kier molecular flexibility index (Phi) is 18.0. The number of hydrogen-bond acceptors (Lipinski definition) is 3. The molecule has 0 aromatic heterocycles. The van der Waals surface area contributed by atoms with Crippen molar-refractivity contribution in [1.29, 1.82) is 0 Å². The maximum absolute atomic E-state index is 15.5. The normalized spacial score (nSPS) is 26.7. The molecule has 0 heterocycles. The van der Waals surface area contributed by atoms with Gasteiger partial charge in [0.05, 0.1) is 0 Å². The van der Waals surface area contributed by atoms with Crippen molar-refractivity contribution in [1.82, 2.24) is 0 Å². The lowest BCUT2D eigenvalue weighted by molar-refractivity contribution is -0.165. The van der Waals surface area contributed by atoms with Gasteiger partial charge in [0.2, 0.25) is 0 Å². The van der Waals surface area contributed by atoms with E-state index in [1.54, 1.807) is 0 Å². The van der Waals surface area contributed by atoms with Gasteiger partial charge < -0.3 is 9.53 Å². The lowest BCUT2D eigenvalue weighted by Gasteiger charge is -2.41. The van der Waals surface area contributed by atoms with Crippen molar-refractivity contribution < 1.29 is 14.3 Å². The third kappa shape index (κ3) is 13.6. The van der Waals surface area contributed by atoms with E-state index in [-0.39, 0.29) is 11.9 Å². The van der Waals surface area contributed by atoms with E-state index in [0.29, 0.717) is 0 Å². The van der Waals surface area contributed by atoms with Crippen LogP contribution in [0.2, 0.25) is 0 Å². The van der Waals surface area contributed by atoms with Gasteiger partial charge in [0, 0.05) is 5.92 Å². The van der Waals surface area contributed by atoms with Gasteiger partial charge in [0.25, 0.3) is 0 Å². The van der Waals surface area contributed by atoms with E-state index in [9.17, 15) is 4.79 Å². The molecule has 49 heavy (non-hydrogen) atoms. The number of ether oxygens (including phenoxy) is 1. The lowest BCUT2D eigenvalue weighted by Crippen LogP contribution is -2.42. The van der Waals surface area contributed by atoms with Gasteiger partial charge in [-0.3, -0.25) is 4.79 Å². The Hall–Kier alpha value is -1.90. The number of allylic oxidation sites excluding steroid dienone is 6. The van der Waals surface area contributed by atoms with Crippen LogP contribution in [-0.4, -0.2) is 17.9 Å². The van der Waals surface area contributed by atoms with Gasteiger partial charge >= 0.3 is 5.97 Å². The van der Waals surface area contributed by atoms with Crippen LogP contribution in [0.3, 0.4) is 0 Å². The molecule has 3 nitrogen and oxygen atoms in total. The molecular formula is C46H74O3. The van der Waals surface area contributed by atoms with Gasteiger partial charge in [-0.1, -0.05) is 124 Å². The minimum absolute atomic E-state index is 0.0489. The second-order valence-corrected chi connectivity index (χ2v) is 16.9. The molecule has 0 aromatic rings. The molecule has 3 heteroatoms. The second kappa shape index (κ2) is 22.1. The highest BCUT2D eigenvalue weighted by Gasteiger charge is 2.48. The van der Waals surface area contributed by atoms with Crippen LogP contribution in [0.5, 0.6) is 0 Å². The van der Waals surface area contributed by atoms with Crippen molar-refractivity contribution in [2.24, 2.45) is 11.3 Å².